The van der Waals surface area contributed by atoms with Gasteiger partial charge in [0.05, 0.1) is 26.0 Å². The van der Waals surface area contributed by atoms with Crippen LogP contribution in [0.4, 0.5) is 5.82 Å². The molecule has 0 radical (unpaired) electrons. The van der Waals surface area contributed by atoms with Crippen LogP contribution in [-0.2, 0) is 29.7 Å². The number of nitrogens with two attached hydrogens (primary N) is 1. The van der Waals surface area contributed by atoms with E-state index >= 15 is 0 Å². The summed E-state index contributed by atoms with van der Waals surface area (Å²) in [5.74, 6) is 0.137. The average molecular weight is 624 g/mol. The molecule has 0 spiro atoms. The molecule has 0 aliphatic carbocycles. The van der Waals surface area contributed by atoms with Crippen molar-refractivity contribution in [1.29, 1.82) is 0 Å². The molecule has 5 N–H and O–H groups in total. The maximum atomic E-state index is 13.7. The fourth-order valence-corrected chi connectivity index (χ4v) is 6.67. The van der Waals surface area contributed by atoms with Gasteiger partial charge in [0.25, 0.3) is 0 Å². The lowest BCUT2D eigenvalue weighted by Gasteiger charge is -2.28. The first-order valence-electron chi connectivity index (χ1n) is 13.6. The first-order valence-corrected chi connectivity index (χ1v) is 16.1. The van der Waals surface area contributed by atoms with E-state index in [0.717, 1.165) is 17.3 Å². The molecule has 2 aromatic rings. The Kier molecular flexibility index (Phi) is 10.1. The van der Waals surface area contributed by atoms with Crippen molar-refractivity contribution in [2.75, 3.05) is 19.0 Å². The van der Waals surface area contributed by atoms with Gasteiger partial charge in [-0.05, 0) is 18.9 Å². The molecule has 0 amide bonds. The van der Waals surface area contributed by atoms with Crippen molar-refractivity contribution in [3.05, 3.63) is 47.9 Å². The minimum atomic E-state index is -3.98. The van der Waals surface area contributed by atoms with Crippen LogP contribution in [-0.4, -0.2) is 73.3 Å². The first kappa shape index (κ1) is 32.5. The fraction of sp³-hybridized carbons (Fsp3) is 0.556. The number of imidazole rings is 1. The number of nitrogens with one attached hydrogen (secondary N) is 1. The van der Waals surface area contributed by atoms with E-state index in [1.165, 1.54) is 17.8 Å². The number of carbonyl (C=O) groups excluding carboxylic acids is 2. The van der Waals surface area contributed by atoms with Gasteiger partial charge < -0.3 is 20.7 Å². The molecule has 2 unspecified atom stereocenters. The van der Waals surface area contributed by atoms with E-state index in [0.29, 0.717) is 6.42 Å². The number of aliphatic hydroxyl groups is 2. The minimum absolute atomic E-state index is 0.00632. The van der Waals surface area contributed by atoms with E-state index in [4.69, 9.17) is 19.5 Å². The van der Waals surface area contributed by atoms with Crippen LogP contribution in [0.25, 0.3) is 0 Å². The quantitative estimate of drug-likeness (QED) is 0.189. The van der Waals surface area contributed by atoms with Crippen LogP contribution in [0, 0.1) is 5.41 Å². The van der Waals surface area contributed by atoms with Crippen LogP contribution in [0.2, 0.25) is 0 Å². The van der Waals surface area contributed by atoms with Crippen molar-refractivity contribution in [1.82, 2.24) is 14.6 Å². The van der Waals surface area contributed by atoms with Crippen molar-refractivity contribution >= 4 is 42.1 Å². The van der Waals surface area contributed by atoms with Crippen LogP contribution in [0.15, 0.2) is 41.7 Å². The number of Topliss-reactive ketones (excluding diaryl/α,β-unsaturated/α-hetero) is 1. The number of benzene rings is 1. The topological polar surface area (TPSA) is 188 Å². The largest absolute Gasteiger partial charge is 0.405 e. The molecule has 0 saturated carbocycles. The summed E-state index contributed by atoms with van der Waals surface area (Å²) in [6, 6.07) is 9.22. The van der Waals surface area contributed by atoms with Gasteiger partial charge in [-0.1, -0.05) is 62.9 Å². The number of carbonyl (C=O) groups is 2. The SMILES string of the molecule is CCC(C)(C)C(=O)SCCOP(=O)(NCc1ccccc1)OC[C@H]1O[C@@H](n2cnc3c2N=C(N)CC3=O)C(C)(O)[C@H]1O. The van der Waals surface area contributed by atoms with Crippen molar-refractivity contribution in [3.63, 3.8) is 0 Å². The van der Waals surface area contributed by atoms with Crippen molar-refractivity contribution in [2.24, 2.45) is 16.1 Å². The molecule has 5 atom stereocenters. The molecule has 42 heavy (non-hydrogen) atoms. The lowest BCUT2D eigenvalue weighted by molar-refractivity contribution is -0.118. The zero-order valence-corrected chi connectivity index (χ0v) is 25.8. The molecule has 15 heteroatoms. The zero-order chi connectivity index (χ0) is 30.7. The number of nitrogens with zero attached hydrogens (tertiary/aromatic N) is 3. The fourth-order valence-electron chi connectivity index (χ4n) is 4.35. The molecule has 0 bridgehead atoms. The van der Waals surface area contributed by atoms with E-state index in [1.807, 2.05) is 51.1 Å². The lowest BCUT2D eigenvalue weighted by atomic mass is 9.92. The van der Waals surface area contributed by atoms with Crippen LogP contribution < -0.4 is 10.8 Å². The van der Waals surface area contributed by atoms with Crippen LogP contribution >= 0.6 is 19.5 Å². The Morgan fingerprint density at radius 1 is 1.33 bits per heavy atom. The van der Waals surface area contributed by atoms with E-state index in [1.54, 1.807) is 0 Å². The van der Waals surface area contributed by atoms with Gasteiger partial charge in [-0.25, -0.2) is 19.6 Å². The van der Waals surface area contributed by atoms with Crippen LogP contribution in [0.3, 0.4) is 0 Å². The lowest BCUT2D eigenvalue weighted by Crippen LogP contribution is -2.44. The third-order valence-electron chi connectivity index (χ3n) is 7.37. The molecule has 2 aliphatic rings. The second-order valence-corrected chi connectivity index (χ2v) is 13.9. The highest BCUT2D eigenvalue weighted by atomic mass is 32.2. The summed E-state index contributed by atoms with van der Waals surface area (Å²) in [6.45, 7) is 6.74. The van der Waals surface area contributed by atoms with Gasteiger partial charge in [-0.2, -0.15) is 0 Å². The van der Waals surface area contributed by atoms with Crippen molar-refractivity contribution < 1.29 is 38.2 Å². The van der Waals surface area contributed by atoms with Gasteiger partial charge in [0.2, 0.25) is 0 Å². The third-order valence-corrected chi connectivity index (χ3v) is 10.1. The smallest absolute Gasteiger partial charge is 0.387 e. The highest BCUT2D eigenvalue weighted by Gasteiger charge is 2.54. The molecule has 3 heterocycles. The maximum Gasteiger partial charge on any atom is 0.405 e. The number of ether oxygens (including phenoxy) is 1. The summed E-state index contributed by atoms with van der Waals surface area (Å²) < 4.78 is 32.4. The Morgan fingerprint density at radius 2 is 2.05 bits per heavy atom. The number of thioether (sulfide) groups is 1. The summed E-state index contributed by atoms with van der Waals surface area (Å²) in [7, 11) is -3.98. The van der Waals surface area contributed by atoms with Gasteiger partial charge in [0.15, 0.2) is 28.6 Å². The molecule has 230 valence electrons. The number of rotatable bonds is 13. The van der Waals surface area contributed by atoms with Crippen molar-refractivity contribution in [2.45, 2.75) is 71.1 Å². The average Bonchev–Trinajstić information content (AvgIpc) is 3.47. The second kappa shape index (κ2) is 13.1. The summed E-state index contributed by atoms with van der Waals surface area (Å²) in [5, 5.41) is 25.0. The van der Waals surface area contributed by atoms with E-state index in [9.17, 15) is 24.4 Å². The Balaban J connectivity index is 1.45. The number of aliphatic hydroxyl groups excluding tert-OH is 1. The third kappa shape index (κ3) is 7.20. The number of aromatic nitrogens is 2. The predicted octanol–water partition coefficient (Wildman–Crippen LogP) is 3.09. The highest BCUT2D eigenvalue weighted by molar-refractivity contribution is 8.13. The molecule has 2 aliphatic heterocycles. The Morgan fingerprint density at radius 3 is 2.74 bits per heavy atom. The number of hydrogen-bond donors (Lipinski definition) is 4. The summed E-state index contributed by atoms with van der Waals surface area (Å²) in [5.41, 5.74) is 4.36. The number of fused-ring (bicyclic) bond motifs is 1. The van der Waals surface area contributed by atoms with Crippen LogP contribution in [0.5, 0.6) is 0 Å². The first-order chi connectivity index (χ1) is 19.8. The van der Waals surface area contributed by atoms with Crippen molar-refractivity contribution in [3.8, 4) is 0 Å². The van der Waals surface area contributed by atoms with Gasteiger partial charge in [-0.3, -0.25) is 23.2 Å². The summed E-state index contributed by atoms with van der Waals surface area (Å²) >= 11 is 1.10. The van der Waals surface area contributed by atoms with Crippen LogP contribution in [0.1, 0.15) is 62.8 Å². The normalized spacial score (nSPS) is 25.6. The molecule has 1 saturated heterocycles. The molecule has 1 aromatic carbocycles. The number of aliphatic imine (C=N–C) groups is 1. The standard InChI is InChI=1S/C27H38N5O8PS/c1-5-26(2,3)25(35)42-12-11-38-41(37,30-14-17-9-7-6-8-10-17)39-15-19-22(34)27(4,36)24(40-19)32-16-29-21-18(33)13-20(28)31-23(21)32/h6-10,16,19,22,24,34,36H,5,11-15H2,1-4H3,(H2,28,31)(H,30,37)/t19-,22+,24-,27?,41?/m1/s1. The van der Waals surface area contributed by atoms with Gasteiger partial charge >= 0.3 is 7.75 Å². The summed E-state index contributed by atoms with van der Waals surface area (Å²) in [4.78, 5) is 33.1. The Hall–Kier alpha value is -2.42. The second-order valence-electron chi connectivity index (χ2n) is 11.0. The molecule has 13 nitrogen and oxygen atoms in total. The predicted molar refractivity (Wildman–Crippen MR) is 157 cm³/mol. The number of hydrogen-bond acceptors (Lipinski definition) is 12. The monoisotopic (exact) mass is 623 g/mol. The van der Waals surface area contributed by atoms with Gasteiger partial charge in [0.1, 0.15) is 23.6 Å². The Bertz CT molecular complexity index is 1370. The summed E-state index contributed by atoms with van der Waals surface area (Å²) in [6.07, 6.45) is -1.92. The molecule has 1 aromatic heterocycles. The van der Waals surface area contributed by atoms with E-state index in [-0.39, 0.29) is 53.6 Å². The minimum Gasteiger partial charge on any atom is -0.387 e. The van der Waals surface area contributed by atoms with Gasteiger partial charge in [0, 0.05) is 17.7 Å². The zero-order valence-electron chi connectivity index (χ0n) is 24.1. The molecular formula is C27H38N5O8PS. The van der Waals surface area contributed by atoms with Gasteiger partial charge in [-0.15, -0.1) is 0 Å². The highest BCUT2D eigenvalue weighted by Crippen LogP contribution is 2.47. The number of ketones is 1. The Labute approximate surface area is 248 Å². The number of amidine groups is 1. The molecule has 4 rings (SSSR count). The molecular weight excluding hydrogens is 585 g/mol. The maximum absolute atomic E-state index is 13.7. The molecule has 1 fully saturated rings. The van der Waals surface area contributed by atoms with E-state index < -0.39 is 43.8 Å². The van der Waals surface area contributed by atoms with E-state index in [2.05, 4.69) is 15.1 Å².